The minimum Gasteiger partial charge on any atom is -0.427 e. The summed E-state index contributed by atoms with van der Waals surface area (Å²) in [7, 11) is 1.37. The van der Waals surface area contributed by atoms with Crippen LogP contribution in [0.3, 0.4) is 0 Å². The number of carbonyl (C=O) groups is 3. The van der Waals surface area contributed by atoms with Crippen molar-refractivity contribution in [1.82, 2.24) is 10.6 Å². The Morgan fingerprint density at radius 1 is 0.860 bits per heavy atom. The van der Waals surface area contributed by atoms with E-state index >= 15 is 0 Å². The molecule has 3 saturated carbocycles. The molecule has 3 aliphatic rings. The number of rotatable bonds is 19. The molecule has 0 aromatic carbocycles. The second kappa shape index (κ2) is 21.3. The molecule has 0 aliphatic heterocycles. The lowest BCUT2D eigenvalue weighted by Gasteiger charge is -2.60. The van der Waals surface area contributed by atoms with Gasteiger partial charge in [-0.3, -0.25) is 14.4 Å². The summed E-state index contributed by atoms with van der Waals surface area (Å²) >= 11 is 0. The number of unbranched alkanes of at least 4 members (excludes halogenated alkanes) is 1. The number of nitrogens with two attached hydrogens (primary N) is 1. The molecule has 5 unspecified atom stereocenters. The molecule has 3 fully saturated rings. The molecule has 9 heteroatoms. The summed E-state index contributed by atoms with van der Waals surface area (Å²) < 4.78 is 12.1. The minimum absolute atomic E-state index is 0.0177. The predicted octanol–water partition coefficient (Wildman–Crippen LogP) is 8.78. The van der Waals surface area contributed by atoms with Crippen molar-refractivity contribution in [3.05, 3.63) is 0 Å². The molecule has 0 saturated heterocycles. The summed E-state index contributed by atoms with van der Waals surface area (Å²) in [6, 6.07) is -0.415. The van der Waals surface area contributed by atoms with E-state index in [9.17, 15) is 14.4 Å². The zero-order chi connectivity index (χ0) is 36.6. The van der Waals surface area contributed by atoms with E-state index in [1.54, 1.807) is 0 Å². The van der Waals surface area contributed by atoms with E-state index in [1.165, 1.54) is 91.0 Å². The Labute approximate surface area is 306 Å². The third-order valence-electron chi connectivity index (χ3n) is 12.5. The third kappa shape index (κ3) is 13.8. The smallest absolute Gasteiger partial charge is 0.407 e. The van der Waals surface area contributed by atoms with Crippen LogP contribution in [0.4, 0.5) is 4.79 Å². The molecule has 0 spiro atoms. The molecule has 0 aromatic heterocycles. The van der Waals surface area contributed by atoms with Gasteiger partial charge in [0.05, 0.1) is 11.6 Å². The van der Waals surface area contributed by atoms with Gasteiger partial charge in [0.2, 0.25) is 11.7 Å². The molecule has 5 atom stereocenters. The Morgan fingerprint density at radius 2 is 1.46 bits per heavy atom. The van der Waals surface area contributed by atoms with Crippen LogP contribution in [-0.2, 0) is 19.0 Å². The molecule has 0 heterocycles. The molecular formula is C41H75BN3O5. The Bertz CT molecular complexity index is 1030. The van der Waals surface area contributed by atoms with E-state index in [-0.39, 0.29) is 29.0 Å². The number of carbonyl (C=O) groups excluding carboxylic acids is 3. The molecule has 0 bridgehead atoms. The van der Waals surface area contributed by atoms with Gasteiger partial charge in [0, 0.05) is 36.6 Å². The van der Waals surface area contributed by atoms with Crippen LogP contribution >= 0.6 is 0 Å². The van der Waals surface area contributed by atoms with Gasteiger partial charge in [0.25, 0.3) is 0 Å². The Kier molecular flexibility index (Phi) is 18.3. The highest BCUT2D eigenvalue weighted by molar-refractivity contribution is 6.68. The quantitative estimate of drug-likeness (QED) is 0.0916. The van der Waals surface area contributed by atoms with Crippen LogP contribution in [0.25, 0.3) is 0 Å². The highest BCUT2D eigenvalue weighted by Gasteiger charge is 2.61. The summed E-state index contributed by atoms with van der Waals surface area (Å²) in [5, 5.41) is 6.11. The number of ether oxygens (including phenoxy) is 1. The van der Waals surface area contributed by atoms with Gasteiger partial charge in [-0.1, -0.05) is 90.9 Å². The predicted molar refractivity (Wildman–Crippen MR) is 205 cm³/mol. The van der Waals surface area contributed by atoms with Crippen LogP contribution in [0.5, 0.6) is 0 Å². The first-order valence-corrected chi connectivity index (χ1v) is 20.8. The lowest BCUT2D eigenvalue weighted by Crippen LogP contribution is -2.62. The lowest BCUT2D eigenvalue weighted by atomic mass is 9.43. The van der Waals surface area contributed by atoms with Crippen molar-refractivity contribution >= 4 is 25.0 Å². The van der Waals surface area contributed by atoms with E-state index in [4.69, 9.17) is 15.1 Å². The van der Waals surface area contributed by atoms with Crippen molar-refractivity contribution < 1.29 is 23.8 Å². The summed E-state index contributed by atoms with van der Waals surface area (Å²) in [4.78, 5) is 39.0. The monoisotopic (exact) mass is 701 g/mol. The molecule has 0 aromatic rings. The summed E-state index contributed by atoms with van der Waals surface area (Å²) in [5.41, 5.74) is 5.39. The first-order valence-electron chi connectivity index (χ1n) is 20.8. The average Bonchev–Trinajstić information content (AvgIpc) is 3.27. The highest BCUT2D eigenvalue weighted by atomic mass is 16.5. The van der Waals surface area contributed by atoms with Crippen molar-refractivity contribution in [3.63, 3.8) is 0 Å². The van der Waals surface area contributed by atoms with Gasteiger partial charge >= 0.3 is 7.48 Å². The lowest BCUT2D eigenvalue weighted by molar-refractivity contribution is -0.166. The van der Waals surface area contributed by atoms with E-state index in [0.29, 0.717) is 56.6 Å². The number of nitrogens with one attached hydrogen (secondary N) is 2. The maximum atomic E-state index is 13.8. The van der Waals surface area contributed by atoms with Crippen molar-refractivity contribution in [2.24, 2.45) is 28.9 Å². The summed E-state index contributed by atoms with van der Waals surface area (Å²) in [5.74, 6) is 1.76. The average molecular weight is 701 g/mol. The van der Waals surface area contributed by atoms with Gasteiger partial charge in [-0.15, -0.1) is 0 Å². The molecule has 50 heavy (non-hydrogen) atoms. The number of ketones is 1. The molecular weight excluding hydrogens is 625 g/mol. The van der Waals surface area contributed by atoms with Gasteiger partial charge < -0.3 is 25.8 Å². The van der Waals surface area contributed by atoms with Crippen LogP contribution < -0.4 is 16.4 Å². The Morgan fingerprint density at radius 3 is 2.10 bits per heavy atom. The molecule has 4 N–H and O–H groups in total. The maximum Gasteiger partial charge on any atom is 0.407 e. The van der Waals surface area contributed by atoms with Crippen molar-refractivity contribution in [2.45, 2.75) is 206 Å². The van der Waals surface area contributed by atoms with Gasteiger partial charge in [-0.05, 0) is 103 Å². The van der Waals surface area contributed by atoms with E-state index in [1.807, 2.05) is 27.7 Å². The van der Waals surface area contributed by atoms with Gasteiger partial charge in [0.1, 0.15) is 0 Å². The number of fused-ring (bicyclic) bond motifs is 1. The van der Waals surface area contributed by atoms with Crippen LogP contribution in [0.1, 0.15) is 183 Å². The van der Waals surface area contributed by atoms with Gasteiger partial charge in [-0.25, -0.2) is 0 Å². The molecule has 287 valence electrons. The molecule has 3 aliphatic carbocycles. The van der Waals surface area contributed by atoms with Crippen LogP contribution in [-0.4, -0.2) is 61.4 Å². The highest BCUT2D eigenvalue weighted by Crippen LogP contribution is 2.62. The largest absolute Gasteiger partial charge is 0.427 e. The zero-order valence-electron chi connectivity index (χ0n) is 33.1. The van der Waals surface area contributed by atoms with Gasteiger partial charge in [-0.2, -0.15) is 0 Å². The van der Waals surface area contributed by atoms with E-state index in [0.717, 1.165) is 32.1 Å². The normalized spacial score (nSPS) is 26.3. The SMILES string of the molecule is CCC1C2CCCCCCCC2C1(C)C(=O)C(N)CCCCNC(=O)CCC(C)(C)OCCC(C)(C)NC(=O)[B]OC1CCCCCCCC1. The first-order chi connectivity index (χ1) is 23.8. The van der Waals surface area contributed by atoms with Crippen LogP contribution in [0.15, 0.2) is 0 Å². The zero-order valence-corrected chi connectivity index (χ0v) is 33.1. The fourth-order valence-corrected chi connectivity index (χ4v) is 9.33. The minimum atomic E-state index is -0.459. The Hall–Kier alpha value is -1.45. The third-order valence-corrected chi connectivity index (χ3v) is 12.5. The van der Waals surface area contributed by atoms with Gasteiger partial charge in [0.15, 0.2) is 5.78 Å². The molecule has 8 nitrogen and oxygen atoms in total. The summed E-state index contributed by atoms with van der Waals surface area (Å²) in [6.07, 6.45) is 23.6. The fourth-order valence-electron chi connectivity index (χ4n) is 9.33. The van der Waals surface area contributed by atoms with Crippen LogP contribution in [0.2, 0.25) is 0 Å². The fraction of sp³-hybridized carbons (Fsp3) is 0.927. The number of Topliss-reactive ketones (excluding diaryl/α,β-unsaturated/α-hetero) is 1. The topological polar surface area (TPSA) is 120 Å². The maximum absolute atomic E-state index is 13.8. The molecule has 3 rings (SSSR count). The number of amides is 2. The van der Waals surface area contributed by atoms with Crippen molar-refractivity contribution in [3.8, 4) is 0 Å². The second-order valence-corrected chi connectivity index (χ2v) is 17.5. The Balaban J connectivity index is 1.27. The first kappa shape index (κ1) is 43.0. The number of hydrogen-bond acceptors (Lipinski definition) is 6. The second-order valence-electron chi connectivity index (χ2n) is 17.5. The molecule has 2 amide bonds. The van der Waals surface area contributed by atoms with Crippen molar-refractivity contribution in [1.29, 1.82) is 0 Å². The van der Waals surface area contributed by atoms with E-state index in [2.05, 4.69) is 24.5 Å². The number of hydrogen-bond donors (Lipinski definition) is 3. The molecule has 1 radical (unpaired) electrons. The van der Waals surface area contributed by atoms with E-state index < -0.39 is 17.2 Å². The summed E-state index contributed by atoms with van der Waals surface area (Å²) in [6.45, 7) is 13.6. The standard InChI is InChI=1S/C41H75BN3O5/c1-7-33-32-23-17-13-10-14-18-24-34(32)41(33,6)37(47)35(43)25-19-20-29-44-36(46)26-27-40(4,5)49-30-28-39(2,3)45-38(48)42-50-31-21-15-11-8-9-12-16-22-31/h31-35H,7-30,43H2,1-6H3,(H,44,46)(H,45,48). The van der Waals surface area contributed by atoms with Crippen LogP contribution in [0, 0.1) is 23.2 Å². The van der Waals surface area contributed by atoms with Crippen molar-refractivity contribution in [2.75, 3.05) is 13.2 Å².